The van der Waals surface area contributed by atoms with Gasteiger partial charge < -0.3 is 20.3 Å². The summed E-state index contributed by atoms with van der Waals surface area (Å²) in [5.74, 6) is -0.245. The number of aromatic nitrogens is 2. The molecule has 0 atom stereocenters. The molecule has 1 amide bonds. The molecule has 3 heterocycles. The van der Waals surface area contributed by atoms with Crippen LogP contribution in [0.3, 0.4) is 0 Å². The molecule has 0 saturated carbocycles. The van der Waals surface area contributed by atoms with E-state index in [4.69, 9.17) is 4.74 Å². The van der Waals surface area contributed by atoms with Crippen molar-refractivity contribution in [3.63, 3.8) is 0 Å². The molecule has 0 fully saturated rings. The number of fused-ring (bicyclic) bond motifs is 3. The Morgan fingerprint density at radius 3 is 2.90 bits per heavy atom. The third-order valence-corrected chi connectivity index (χ3v) is 3.70. The van der Waals surface area contributed by atoms with E-state index in [-0.39, 0.29) is 80.7 Å². The maximum atomic E-state index is 11.8. The van der Waals surface area contributed by atoms with E-state index in [0.29, 0.717) is 12.3 Å². The number of aryl methyl sites for hydroxylation is 1. The molecule has 0 aliphatic carbocycles. The molecular formula is C12H11N3O2SW2Y-2. The van der Waals surface area contributed by atoms with E-state index in [0.717, 1.165) is 26.8 Å². The SMILES string of the molecule is C[CH-]NC(=O)c1n[n-]c2c1COc1sc(C)cc1-2.[W].[W].[Y]. The summed E-state index contributed by atoms with van der Waals surface area (Å²) in [5, 5.41) is 11.5. The smallest absolute Gasteiger partial charge is 0.239 e. The van der Waals surface area contributed by atoms with Gasteiger partial charge in [-0.3, -0.25) is 4.79 Å². The van der Waals surface area contributed by atoms with Crippen molar-refractivity contribution in [3.8, 4) is 16.3 Å². The fraction of sp³-hybridized carbons (Fsp3) is 0.250. The summed E-state index contributed by atoms with van der Waals surface area (Å²) in [7, 11) is 0. The minimum absolute atomic E-state index is 0. The van der Waals surface area contributed by atoms with Gasteiger partial charge >= 0.3 is 0 Å². The van der Waals surface area contributed by atoms with Crippen molar-refractivity contribution in [2.24, 2.45) is 0 Å². The van der Waals surface area contributed by atoms with Gasteiger partial charge in [-0.1, -0.05) is 0 Å². The minimum atomic E-state index is -0.245. The average molecular weight is 718 g/mol. The van der Waals surface area contributed by atoms with Crippen molar-refractivity contribution in [1.82, 2.24) is 15.5 Å². The predicted molar refractivity (Wildman–Crippen MR) is 67.4 cm³/mol. The zero-order valence-electron chi connectivity index (χ0n) is 11.4. The van der Waals surface area contributed by atoms with Crippen LogP contribution in [0.4, 0.5) is 0 Å². The number of hydrogen-bond donors (Lipinski definition) is 1. The summed E-state index contributed by atoms with van der Waals surface area (Å²) in [6, 6.07) is 2.01. The summed E-state index contributed by atoms with van der Waals surface area (Å²) in [6.07, 6.45) is 0. The summed E-state index contributed by atoms with van der Waals surface area (Å²) in [4.78, 5) is 13.0. The van der Waals surface area contributed by atoms with Gasteiger partial charge in [0.1, 0.15) is 12.3 Å². The fourth-order valence-corrected chi connectivity index (χ4v) is 2.82. The maximum absolute atomic E-state index is 11.8. The number of hydrogen-bond acceptors (Lipinski definition) is 4. The van der Waals surface area contributed by atoms with Crippen LogP contribution in [0.1, 0.15) is 27.9 Å². The van der Waals surface area contributed by atoms with Gasteiger partial charge in [-0.25, -0.2) is 6.54 Å². The Balaban J connectivity index is 0.00000133. The Morgan fingerprint density at radius 2 is 2.24 bits per heavy atom. The van der Waals surface area contributed by atoms with Crippen molar-refractivity contribution >= 4 is 17.2 Å². The third-order valence-electron chi connectivity index (χ3n) is 2.74. The van der Waals surface area contributed by atoms with Crippen molar-refractivity contribution < 1.29 is 84.4 Å². The Labute approximate surface area is 180 Å². The number of carbonyl (C=O) groups excluding carboxylic acids is 1. The summed E-state index contributed by atoms with van der Waals surface area (Å²) in [6.45, 7) is 5.69. The quantitative estimate of drug-likeness (QED) is 0.483. The molecule has 2 aromatic heterocycles. The Morgan fingerprint density at radius 1 is 1.52 bits per heavy atom. The molecule has 21 heavy (non-hydrogen) atoms. The van der Waals surface area contributed by atoms with Crippen LogP contribution in [0.5, 0.6) is 5.06 Å². The van der Waals surface area contributed by atoms with Crippen LogP contribution in [-0.4, -0.2) is 11.0 Å². The Kier molecular flexibility index (Phi) is 9.36. The van der Waals surface area contributed by atoms with E-state index >= 15 is 0 Å². The molecule has 1 aliphatic rings. The molecule has 9 heteroatoms. The minimum Gasteiger partial charge on any atom is -0.574 e. The van der Waals surface area contributed by atoms with E-state index in [2.05, 4.69) is 15.5 Å². The molecule has 0 saturated heterocycles. The Bertz CT molecular complexity index is 630. The number of nitrogens with zero attached hydrogens (tertiary/aromatic N) is 2. The Hall–Kier alpha value is 0.661. The molecule has 5 nitrogen and oxygen atoms in total. The van der Waals surface area contributed by atoms with Crippen LogP contribution in [0, 0.1) is 13.5 Å². The molecule has 2 aromatic rings. The largest absolute Gasteiger partial charge is 0.574 e. The van der Waals surface area contributed by atoms with E-state index in [1.807, 2.05) is 13.0 Å². The molecule has 1 N–H and O–H groups in total. The molecule has 0 unspecified atom stereocenters. The van der Waals surface area contributed by atoms with Crippen LogP contribution in [0.2, 0.25) is 0 Å². The molecule has 1 radical (unpaired) electrons. The first-order chi connectivity index (χ1) is 8.70. The maximum Gasteiger partial charge on any atom is 0.239 e. The summed E-state index contributed by atoms with van der Waals surface area (Å²) in [5.41, 5.74) is 2.81. The normalized spacial score (nSPS) is 10.8. The number of thiophene rings is 1. The average Bonchev–Trinajstić information content (AvgIpc) is 2.90. The standard InChI is InChI=1S/C12H12N3O2S.2W.Y/c1-3-13-11(16)10-8-5-17-12-7(4-6(2)18-12)9(8)14-15-10;;;/h3-4H,5H2,1-2H3,(H2,13,14,15,16);;;/q-1;;;/p-1. The first kappa shape index (κ1) is 21.7. The predicted octanol–water partition coefficient (Wildman–Crippen LogP) is 1.87. The van der Waals surface area contributed by atoms with Gasteiger partial charge in [0.2, 0.25) is 5.91 Å². The monoisotopic (exact) mass is 718 g/mol. The molecule has 1 aliphatic heterocycles. The number of nitrogens with one attached hydrogen (secondary N) is 1. The topological polar surface area (TPSA) is 65.3 Å². The fourth-order valence-electron chi connectivity index (χ4n) is 1.97. The van der Waals surface area contributed by atoms with Gasteiger partial charge in [0.05, 0.1) is 0 Å². The van der Waals surface area contributed by atoms with Gasteiger partial charge in [0, 0.05) is 90.8 Å². The van der Waals surface area contributed by atoms with Crippen molar-refractivity contribution in [2.45, 2.75) is 20.5 Å². The molecular weight excluding hydrogens is 707 g/mol. The summed E-state index contributed by atoms with van der Waals surface area (Å²) < 4.78 is 5.65. The zero-order chi connectivity index (χ0) is 12.7. The van der Waals surface area contributed by atoms with Crippen LogP contribution in [-0.2, 0) is 81.4 Å². The number of ether oxygens (including phenoxy) is 1. The van der Waals surface area contributed by atoms with Crippen LogP contribution in [0.15, 0.2) is 6.07 Å². The van der Waals surface area contributed by atoms with E-state index in [1.54, 1.807) is 24.8 Å². The van der Waals surface area contributed by atoms with E-state index in [1.165, 1.54) is 0 Å². The molecule has 0 aromatic carbocycles. The molecule has 0 spiro atoms. The van der Waals surface area contributed by atoms with Crippen LogP contribution < -0.4 is 15.2 Å². The second-order valence-electron chi connectivity index (χ2n) is 3.98. The van der Waals surface area contributed by atoms with Crippen molar-refractivity contribution in [1.29, 1.82) is 0 Å². The first-order valence-corrected chi connectivity index (χ1v) is 6.37. The molecule has 109 valence electrons. The third kappa shape index (κ3) is 4.15. The van der Waals surface area contributed by atoms with Gasteiger partial charge in [-0.2, -0.15) is 6.92 Å². The van der Waals surface area contributed by atoms with Gasteiger partial charge in [0.15, 0.2) is 5.06 Å². The van der Waals surface area contributed by atoms with Gasteiger partial charge in [-0.15, -0.1) is 17.0 Å². The van der Waals surface area contributed by atoms with Gasteiger partial charge in [-0.05, 0) is 13.0 Å². The number of carbonyl (C=O) groups is 1. The number of rotatable bonds is 2. The zero-order valence-corrected chi connectivity index (χ0v) is 20.9. The number of amides is 1. The molecule has 3 rings (SSSR count). The van der Waals surface area contributed by atoms with Crippen LogP contribution in [0.25, 0.3) is 11.3 Å². The van der Waals surface area contributed by atoms with E-state index in [9.17, 15) is 4.79 Å². The van der Waals surface area contributed by atoms with Gasteiger partial charge in [0.25, 0.3) is 0 Å². The molecule has 0 bridgehead atoms. The van der Waals surface area contributed by atoms with Crippen LogP contribution >= 0.6 is 11.3 Å². The second-order valence-corrected chi connectivity index (χ2v) is 5.20. The summed E-state index contributed by atoms with van der Waals surface area (Å²) >= 11 is 1.58. The first-order valence-electron chi connectivity index (χ1n) is 5.55. The van der Waals surface area contributed by atoms with E-state index < -0.39 is 0 Å². The van der Waals surface area contributed by atoms with Crippen molar-refractivity contribution in [2.75, 3.05) is 0 Å². The van der Waals surface area contributed by atoms with Crippen molar-refractivity contribution in [3.05, 3.63) is 28.7 Å². The second kappa shape index (κ2) is 9.08.